The first-order valence-corrected chi connectivity index (χ1v) is 5.72. The van der Waals surface area contributed by atoms with Crippen molar-refractivity contribution in [1.29, 1.82) is 0 Å². The van der Waals surface area contributed by atoms with E-state index in [9.17, 15) is 4.79 Å². The summed E-state index contributed by atoms with van der Waals surface area (Å²) in [5.74, 6) is 0.998. The Morgan fingerprint density at radius 2 is 1.74 bits per heavy atom. The second-order valence-corrected chi connectivity index (χ2v) is 4.06. The molecule has 0 radical (unpaired) electrons. The monoisotopic (exact) mass is 269 g/mol. The molecule has 0 aromatic heterocycles. The zero-order valence-electron chi connectivity index (χ0n) is 11.6. The van der Waals surface area contributed by atoms with Gasteiger partial charge in [-0.15, -0.1) is 0 Å². The van der Waals surface area contributed by atoms with E-state index in [2.05, 4.69) is 0 Å². The molecule has 0 bridgehead atoms. The van der Waals surface area contributed by atoms with E-state index in [1.54, 1.807) is 26.2 Å². The summed E-state index contributed by atoms with van der Waals surface area (Å²) in [6.07, 6.45) is 0. The Morgan fingerprint density at radius 1 is 1.21 bits per heavy atom. The number of likely N-dealkylation sites (N-methyl/N-ethyl adjacent to an activating group) is 1. The van der Waals surface area contributed by atoms with Crippen LogP contribution in [0.1, 0.15) is 5.56 Å². The molecular formula is C13H19NO5. The first kappa shape index (κ1) is 15.1. The summed E-state index contributed by atoms with van der Waals surface area (Å²) in [5, 5.41) is 9.15. The van der Waals surface area contributed by atoms with Crippen LogP contribution < -0.4 is 14.2 Å². The summed E-state index contributed by atoms with van der Waals surface area (Å²) < 4.78 is 15.8. The Labute approximate surface area is 112 Å². The standard InChI is InChI=1S/C13H19NO5/c1-14(2)12(16)8-19-13-10(17-3)5-9(7-15)6-11(13)18-4/h5-6,15H,7-8H2,1-4H3. The molecule has 0 saturated heterocycles. The maximum absolute atomic E-state index is 11.5. The van der Waals surface area contributed by atoms with Crippen LogP contribution in [0.25, 0.3) is 0 Å². The highest BCUT2D eigenvalue weighted by molar-refractivity contribution is 5.77. The summed E-state index contributed by atoms with van der Waals surface area (Å²) in [6, 6.07) is 3.27. The molecule has 0 unspecified atom stereocenters. The molecule has 106 valence electrons. The molecule has 1 amide bonds. The number of carbonyl (C=O) groups excluding carboxylic acids is 1. The van der Waals surface area contributed by atoms with Gasteiger partial charge in [-0.2, -0.15) is 0 Å². The Hall–Kier alpha value is -1.95. The molecule has 1 N–H and O–H groups in total. The zero-order chi connectivity index (χ0) is 14.4. The van der Waals surface area contributed by atoms with E-state index in [1.165, 1.54) is 19.1 Å². The van der Waals surface area contributed by atoms with Crippen LogP contribution >= 0.6 is 0 Å². The quantitative estimate of drug-likeness (QED) is 0.821. The maximum Gasteiger partial charge on any atom is 0.259 e. The van der Waals surface area contributed by atoms with E-state index in [0.29, 0.717) is 22.8 Å². The van der Waals surface area contributed by atoms with Gasteiger partial charge < -0.3 is 24.2 Å². The number of rotatable bonds is 6. The van der Waals surface area contributed by atoms with Crippen LogP contribution in [-0.4, -0.2) is 50.8 Å². The van der Waals surface area contributed by atoms with Crippen molar-refractivity contribution in [2.75, 3.05) is 34.9 Å². The SMILES string of the molecule is COc1cc(CO)cc(OC)c1OCC(=O)N(C)C. The van der Waals surface area contributed by atoms with Gasteiger partial charge in [0.15, 0.2) is 18.1 Å². The molecule has 0 saturated carbocycles. The fourth-order valence-electron chi connectivity index (χ4n) is 1.43. The van der Waals surface area contributed by atoms with E-state index in [-0.39, 0.29) is 19.1 Å². The van der Waals surface area contributed by atoms with E-state index >= 15 is 0 Å². The first-order chi connectivity index (χ1) is 9.03. The lowest BCUT2D eigenvalue weighted by molar-refractivity contribution is -0.130. The first-order valence-electron chi connectivity index (χ1n) is 5.72. The predicted octanol–water partition coefficient (Wildman–Crippen LogP) is 0.663. The molecule has 6 heteroatoms. The fourth-order valence-corrected chi connectivity index (χ4v) is 1.43. The third-order valence-electron chi connectivity index (χ3n) is 2.54. The smallest absolute Gasteiger partial charge is 0.259 e. The van der Waals surface area contributed by atoms with Gasteiger partial charge in [-0.3, -0.25) is 4.79 Å². The third kappa shape index (κ3) is 3.75. The Morgan fingerprint density at radius 3 is 2.11 bits per heavy atom. The molecule has 19 heavy (non-hydrogen) atoms. The molecule has 0 aliphatic carbocycles. The van der Waals surface area contributed by atoms with Crippen molar-refractivity contribution in [3.8, 4) is 17.2 Å². The van der Waals surface area contributed by atoms with Crippen molar-refractivity contribution < 1.29 is 24.1 Å². The molecule has 1 aromatic carbocycles. The summed E-state index contributed by atoms with van der Waals surface area (Å²) in [7, 11) is 6.26. The molecule has 0 aliphatic heterocycles. The average Bonchev–Trinajstić information content (AvgIpc) is 2.43. The molecule has 6 nitrogen and oxygen atoms in total. The van der Waals surface area contributed by atoms with Crippen LogP contribution in [0.5, 0.6) is 17.2 Å². The van der Waals surface area contributed by atoms with Crippen LogP contribution in [-0.2, 0) is 11.4 Å². The molecule has 1 rings (SSSR count). The molecule has 0 spiro atoms. The Kier molecular flexibility index (Phi) is 5.44. The van der Waals surface area contributed by atoms with Gasteiger partial charge in [0.25, 0.3) is 5.91 Å². The number of benzene rings is 1. The van der Waals surface area contributed by atoms with Gasteiger partial charge in [-0.05, 0) is 17.7 Å². The summed E-state index contributed by atoms with van der Waals surface area (Å²) in [5.41, 5.74) is 0.639. The van der Waals surface area contributed by atoms with Crippen LogP contribution in [0.3, 0.4) is 0 Å². The van der Waals surface area contributed by atoms with Gasteiger partial charge in [-0.1, -0.05) is 0 Å². The van der Waals surface area contributed by atoms with Gasteiger partial charge in [0, 0.05) is 14.1 Å². The molecular weight excluding hydrogens is 250 g/mol. The van der Waals surface area contributed by atoms with Crippen LogP contribution in [0.4, 0.5) is 0 Å². The number of hydrogen-bond acceptors (Lipinski definition) is 5. The number of methoxy groups -OCH3 is 2. The number of hydrogen-bond donors (Lipinski definition) is 1. The van der Waals surface area contributed by atoms with E-state index in [1.807, 2.05) is 0 Å². The minimum atomic E-state index is -0.171. The molecule has 0 atom stereocenters. The number of nitrogens with zero attached hydrogens (tertiary/aromatic N) is 1. The topological polar surface area (TPSA) is 68.2 Å². The number of carbonyl (C=O) groups is 1. The average molecular weight is 269 g/mol. The lowest BCUT2D eigenvalue weighted by Gasteiger charge is -2.16. The molecule has 0 heterocycles. The zero-order valence-corrected chi connectivity index (χ0v) is 11.6. The summed E-state index contributed by atoms with van der Waals surface area (Å²) in [6.45, 7) is -0.248. The minimum Gasteiger partial charge on any atom is -0.493 e. The second-order valence-electron chi connectivity index (χ2n) is 4.06. The maximum atomic E-state index is 11.5. The normalized spacial score (nSPS) is 9.95. The van der Waals surface area contributed by atoms with E-state index in [0.717, 1.165) is 0 Å². The van der Waals surface area contributed by atoms with Crippen molar-refractivity contribution in [3.05, 3.63) is 17.7 Å². The lowest BCUT2D eigenvalue weighted by atomic mass is 10.2. The van der Waals surface area contributed by atoms with Crippen molar-refractivity contribution in [2.24, 2.45) is 0 Å². The summed E-state index contributed by atoms with van der Waals surface area (Å²) in [4.78, 5) is 12.9. The van der Waals surface area contributed by atoms with Crippen LogP contribution in [0.2, 0.25) is 0 Å². The highest BCUT2D eigenvalue weighted by atomic mass is 16.5. The van der Waals surface area contributed by atoms with E-state index < -0.39 is 0 Å². The number of aliphatic hydroxyl groups excluding tert-OH is 1. The van der Waals surface area contributed by atoms with Gasteiger partial charge in [0.1, 0.15) is 0 Å². The Balaban J connectivity index is 3.00. The van der Waals surface area contributed by atoms with Crippen molar-refractivity contribution >= 4 is 5.91 Å². The minimum absolute atomic E-state index is 0.113. The lowest BCUT2D eigenvalue weighted by Crippen LogP contribution is -2.27. The predicted molar refractivity (Wildman–Crippen MR) is 69.7 cm³/mol. The Bertz CT molecular complexity index is 420. The van der Waals surface area contributed by atoms with Crippen molar-refractivity contribution in [1.82, 2.24) is 4.90 Å². The van der Waals surface area contributed by atoms with Gasteiger partial charge >= 0.3 is 0 Å². The van der Waals surface area contributed by atoms with Crippen LogP contribution in [0.15, 0.2) is 12.1 Å². The van der Waals surface area contributed by atoms with Gasteiger partial charge in [0.05, 0.1) is 20.8 Å². The molecule has 1 aromatic rings. The van der Waals surface area contributed by atoms with Gasteiger partial charge in [-0.25, -0.2) is 0 Å². The molecule has 0 fully saturated rings. The highest BCUT2D eigenvalue weighted by Gasteiger charge is 2.16. The second kappa shape index (κ2) is 6.84. The third-order valence-corrected chi connectivity index (χ3v) is 2.54. The van der Waals surface area contributed by atoms with Crippen molar-refractivity contribution in [2.45, 2.75) is 6.61 Å². The fraction of sp³-hybridized carbons (Fsp3) is 0.462. The molecule has 0 aliphatic rings. The van der Waals surface area contributed by atoms with Gasteiger partial charge in [0.2, 0.25) is 5.75 Å². The number of amides is 1. The largest absolute Gasteiger partial charge is 0.493 e. The number of aliphatic hydroxyl groups is 1. The van der Waals surface area contributed by atoms with E-state index in [4.69, 9.17) is 19.3 Å². The van der Waals surface area contributed by atoms with Crippen LogP contribution in [0, 0.1) is 0 Å². The van der Waals surface area contributed by atoms with Crippen molar-refractivity contribution in [3.63, 3.8) is 0 Å². The highest BCUT2D eigenvalue weighted by Crippen LogP contribution is 2.38. The summed E-state index contributed by atoms with van der Waals surface area (Å²) >= 11 is 0. The number of ether oxygens (including phenoxy) is 3.